The Balaban J connectivity index is 2.05. The number of anilines is 2. The second-order valence-corrected chi connectivity index (χ2v) is 3.86. The summed E-state index contributed by atoms with van der Waals surface area (Å²) in [7, 11) is 1.89. The van der Waals surface area contributed by atoms with Crippen LogP contribution >= 0.6 is 0 Å². The molecule has 0 radical (unpaired) electrons. The molecule has 0 amide bonds. The minimum Gasteiger partial charge on any atom is -0.336 e. The Morgan fingerprint density at radius 2 is 2.18 bits per heavy atom. The Morgan fingerprint density at radius 1 is 1.29 bits per heavy atom. The zero-order chi connectivity index (χ0) is 11.8. The van der Waals surface area contributed by atoms with Crippen molar-refractivity contribution in [2.45, 2.75) is 6.92 Å². The average molecular weight is 228 g/mol. The number of aromatic nitrogens is 5. The first kappa shape index (κ1) is 9.83. The lowest BCUT2D eigenvalue weighted by Crippen LogP contribution is -1.97. The van der Waals surface area contributed by atoms with Crippen molar-refractivity contribution in [1.29, 1.82) is 0 Å². The first-order valence-corrected chi connectivity index (χ1v) is 5.29. The molecule has 3 aromatic heterocycles. The van der Waals surface area contributed by atoms with Crippen LogP contribution in [0, 0.1) is 6.92 Å². The van der Waals surface area contributed by atoms with Gasteiger partial charge in [0, 0.05) is 25.6 Å². The van der Waals surface area contributed by atoms with Crippen molar-refractivity contribution in [3.05, 3.63) is 36.5 Å². The lowest BCUT2D eigenvalue weighted by Gasteiger charge is -2.04. The summed E-state index contributed by atoms with van der Waals surface area (Å²) in [6, 6.07) is 1.92. The number of hydrogen-bond donors (Lipinski definition) is 1. The van der Waals surface area contributed by atoms with E-state index >= 15 is 0 Å². The van der Waals surface area contributed by atoms with Crippen LogP contribution in [0.2, 0.25) is 0 Å². The summed E-state index contributed by atoms with van der Waals surface area (Å²) >= 11 is 0. The van der Waals surface area contributed by atoms with Gasteiger partial charge >= 0.3 is 0 Å². The van der Waals surface area contributed by atoms with Gasteiger partial charge in [0.15, 0.2) is 5.82 Å². The van der Waals surface area contributed by atoms with Gasteiger partial charge in [0.1, 0.15) is 5.52 Å². The highest BCUT2D eigenvalue weighted by Crippen LogP contribution is 2.20. The number of nitrogens with one attached hydrogen (secondary N) is 1. The molecule has 0 aliphatic heterocycles. The molecule has 0 atom stereocenters. The molecule has 3 aromatic rings. The normalized spacial score (nSPS) is 10.9. The van der Waals surface area contributed by atoms with E-state index in [4.69, 9.17) is 0 Å². The standard InChI is InChI=1S/C11H12N6/c1-8-9(7-16(2)15-8)14-11-10-3-4-13-17(10)6-5-12-11/h3-7H,1-2H3,(H,12,14). The summed E-state index contributed by atoms with van der Waals surface area (Å²) in [6.07, 6.45) is 7.21. The third-order valence-electron chi connectivity index (χ3n) is 2.59. The molecule has 0 aliphatic carbocycles. The van der Waals surface area contributed by atoms with Gasteiger partial charge in [-0.05, 0) is 13.0 Å². The smallest absolute Gasteiger partial charge is 0.156 e. The van der Waals surface area contributed by atoms with Crippen LogP contribution in [-0.2, 0) is 7.05 Å². The minimum atomic E-state index is 0.779. The lowest BCUT2D eigenvalue weighted by atomic mass is 10.4. The highest BCUT2D eigenvalue weighted by molar-refractivity contribution is 5.73. The molecule has 1 N–H and O–H groups in total. The fraction of sp³-hybridized carbons (Fsp3) is 0.182. The molecule has 0 saturated carbocycles. The van der Waals surface area contributed by atoms with Crippen LogP contribution in [-0.4, -0.2) is 24.4 Å². The second kappa shape index (κ2) is 3.58. The van der Waals surface area contributed by atoms with Gasteiger partial charge in [-0.3, -0.25) is 4.68 Å². The fourth-order valence-corrected chi connectivity index (χ4v) is 1.80. The van der Waals surface area contributed by atoms with Gasteiger partial charge in [-0.15, -0.1) is 0 Å². The third-order valence-corrected chi connectivity index (χ3v) is 2.59. The fourth-order valence-electron chi connectivity index (χ4n) is 1.80. The second-order valence-electron chi connectivity index (χ2n) is 3.86. The first-order valence-electron chi connectivity index (χ1n) is 5.29. The van der Waals surface area contributed by atoms with Crippen molar-refractivity contribution in [2.75, 3.05) is 5.32 Å². The van der Waals surface area contributed by atoms with E-state index in [1.807, 2.05) is 32.4 Å². The summed E-state index contributed by atoms with van der Waals surface area (Å²) in [5, 5.41) is 11.7. The predicted molar refractivity (Wildman–Crippen MR) is 64.2 cm³/mol. The molecule has 0 aliphatic rings. The van der Waals surface area contributed by atoms with E-state index in [9.17, 15) is 0 Å². The van der Waals surface area contributed by atoms with Crippen LogP contribution in [0.1, 0.15) is 5.69 Å². The maximum Gasteiger partial charge on any atom is 0.156 e. The molecule has 0 spiro atoms. The highest BCUT2D eigenvalue weighted by Gasteiger charge is 2.07. The largest absolute Gasteiger partial charge is 0.336 e. The summed E-state index contributed by atoms with van der Waals surface area (Å²) in [5.41, 5.74) is 2.83. The molecule has 3 heterocycles. The summed E-state index contributed by atoms with van der Waals surface area (Å²) < 4.78 is 3.55. The molecule has 0 unspecified atom stereocenters. The molecule has 6 heteroatoms. The molecule has 86 valence electrons. The number of aryl methyl sites for hydroxylation is 2. The Labute approximate surface area is 97.9 Å². The van der Waals surface area contributed by atoms with E-state index in [2.05, 4.69) is 20.5 Å². The maximum atomic E-state index is 4.32. The Morgan fingerprint density at radius 3 is 2.94 bits per heavy atom. The van der Waals surface area contributed by atoms with Crippen molar-refractivity contribution in [1.82, 2.24) is 24.4 Å². The molecule has 6 nitrogen and oxygen atoms in total. The number of nitrogens with zero attached hydrogens (tertiary/aromatic N) is 5. The van der Waals surface area contributed by atoms with E-state index < -0.39 is 0 Å². The van der Waals surface area contributed by atoms with Crippen LogP contribution in [0.3, 0.4) is 0 Å². The average Bonchev–Trinajstić information content (AvgIpc) is 2.87. The SMILES string of the molecule is Cc1nn(C)cc1Nc1nccn2nccc12. The Kier molecular flexibility index (Phi) is 2.07. The van der Waals surface area contributed by atoms with Crippen molar-refractivity contribution in [2.24, 2.45) is 7.05 Å². The van der Waals surface area contributed by atoms with E-state index in [0.717, 1.165) is 22.7 Å². The van der Waals surface area contributed by atoms with Gasteiger partial charge in [0.2, 0.25) is 0 Å². The number of hydrogen-bond acceptors (Lipinski definition) is 4. The van der Waals surface area contributed by atoms with Crippen molar-refractivity contribution < 1.29 is 0 Å². The number of rotatable bonds is 2. The lowest BCUT2D eigenvalue weighted by molar-refractivity contribution is 0.756. The van der Waals surface area contributed by atoms with E-state index in [1.54, 1.807) is 21.6 Å². The first-order chi connectivity index (χ1) is 8.24. The van der Waals surface area contributed by atoms with Crippen LogP contribution in [0.15, 0.2) is 30.9 Å². The van der Waals surface area contributed by atoms with Crippen LogP contribution in [0.5, 0.6) is 0 Å². The molecule has 3 rings (SSSR count). The zero-order valence-corrected chi connectivity index (χ0v) is 9.62. The van der Waals surface area contributed by atoms with Crippen molar-refractivity contribution >= 4 is 17.0 Å². The molecule has 0 bridgehead atoms. The third kappa shape index (κ3) is 1.63. The topological polar surface area (TPSA) is 60.0 Å². The Hall–Kier alpha value is -2.37. The van der Waals surface area contributed by atoms with E-state index in [1.165, 1.54) is 0 Å². The van der Waals surface area contributed by atoms with Crippen molar-refractivity contribution in [3.8, 4) is 0 Å². The molecular formula is C11H12N6. The number of fused-ring (bicyclic) bond motifs is 1. The van der Waals surface area contributed by atoms with Gasteiger partial charge in [0.05, 0.1) is 17.6 Å². The molecule has 0 saturated heterocycles. The van der Waals surface area contributed by atoms with Gasteiger partial charge in [-0.1, -0.05) is 0 Å². The summed E-state index contributed by atoms with van der Waals surface area (Å²) in [4.78, 5) is 4.32. The van der Waals surface area contributed by atoms with E-state index in [-0.39, 0.29) is 0 Å². The predicted octanol–water partition coefficient (Wildman–Crippen LogP) is 1.51. The molecule has 0 aromatic carbocycles. The zero-order valence-electron chi connectivity index (χ0n) is 9.62. The van der Waals surface area contributed by atoms with Crippen LogP contribution in [0.25, 0.3) is 5.52 Å². The van der Waals surface area contributed by atoms with Gasteiger partial charge in [-0.25, -0.2) is 9.50 Å². The molecular weight excluding hydrogens is 216 g/mol. The minimum absolute atomic E-state index is 0.779. The maximum absolute atomic E-state index is 4.32. The quantitative estimate of drug-likeness (QED) is 0.722. The molecule has 0 fully saturated rings. The highest BCUT2D eigenvalue weighted by atomic mass is 15.3. The monoisotopic (exact) mass is 228 g/mol. The van der Waals surface area contributed by atoms with Gasteiger partial charge in [-0.2, -0.15) is 10.2 Å². The van der Waals surface area contributed by atoms with E-state index in [0.29, 0.717) is 0 Å². The Bertz CT molecular complexity index is 665. The van der Waals surface area contributed by atoms with Crippen LogP contribution in [0.4, 0.5) is 11.5 Å². The van der Waals surface area contributed by atoms with Gasteiger partial charge in [0.25, 0.3) is 0 Å². The molecule has 17 heavy (non-hydrogen) atoms. The summed E-state index contributed by atoms with van der Waals surface area (Å²) in [6.45, 7) is 1.96. The van der Waals surface area contributed by atoms with Crippen molar-refractivity contribution in [3.63, 3.8) is 0 Å². The summed E-state index contributed by atoms with van der Waals surface area (Å²) in [5.74, 6) is 0.779. The van der Waals surface area contributed by atoms with Gasteiger partial charge < -0.3 is 5.32 Å². The van der Waals surface area contributed by atoms with Crippen LogP contribution < -0.4 is 5.32 Å².